The van der Waals surface area contributed by atoms with Gasteiger partial charge < -0.3 is 0 Å². The van der Waals surface area contributed by atoms with Crippen LogP contribution in [0.2, 0.25) is 0 Å². The summed E-state index contributed by atoms with van der Waals surface area (Å²) in [4.78, 5) is 7.00. The summed E-state index contributed by atoms with van der Waals surface area (Å²) < 4.78 is 97.3. The molecule has 0 aliphatic carbocycles. The van der Waals surface area contributed by atoms with Gasteiger partial charge in [-0.15, -0.1) is 0 Å². The molecule has 13 heteroatoms. The fourth-order valence-electron chi connectivity index (χ4n) is 2.27. The molecule has 0 heterocycles. The van der Waals surface area contributed by atoms with Crippen molar-refractivity contribution < 1.29 is 43.7 Å². The lowest BCUT2D eigenvalue weighted by atomic mass is 10.1. The predicted molar refractivity (Wildman–Crippen MR) is 78.8 cm³/mol. The van der Waals surface area contributed by atoms with Gasteiger partial charge in [0.1, 0.15) is 14.7 Å². The van der Waals surface area contributed by atoms with Crippen LogP contribution in [-0.4, -0.2) is 45.2 Å². The summed E-state index contributed by atoms with van der Waals surface area (Å²) in [6.45, 7) is 0. The van der Waals surface area contributed by atoms with Crippen molar-refractivity contribution in [3.05, 3.63) is 29.8 Å². The highest BCUT2D eigenvalue weighted by atomic mass is 32.2. The van der Waals surface area contributed by atoms with E-state index in [0.717, 1.165) is 12.1 Å². The van der Waals surface area contributed by atoms with Gasteiger partial charge in [-0.3, -0.25) is 18.5 Å². The molecule has 0 amide bonds. The summed E-state index contributed by atoms with van der Waals surface area (Å²) in [6.07, 6.45) is -0.368. The second-order valence-electron chi connectivity index (χ2n) is 4.49. The van der Waals surface area contributed by atoms with Crippen LogP contribution in [0, 0.1) is 0 Å². The molecule has 0 aliphatic heterocycles. The van der Waals surface area contributed by atoms with E-state index in [1.165, 1.54) is 12.1 Å². The Morgan fingerprint density at radius 3 is 1.38 bits per heavy atom. The summed E-state index contributed by atoms with van der Waals surface area (Å²) in [5.74, 6) is 0. The maximum Gasteiger partial charge on any atom is 0.296 e. The van der Waals surface area contributed by atoms with Crippen LogP contribution in [0.3, 0.4) is 0 Å². The number of hydrogen-bond donors (Lipinski definition) is 3. The van der Waals surface area contributed by atoms with Crippen LogP contribution < -0.4 is 0 Å². The van der Waals surface area contributed by atoms with Gasteiger partial charge in [-0.25, -0.2) is 0 Å². The lowest BCUT2D eigenvalue weighted by Gasteiger charge is -2.15. The summed E-state index contributed by atoms with van der Waals surface area (Å²) in [7, 11) is -16.0. The predicted octanol–water partition coefficient (Wildman–Crippen LogP) is 0.392. The smallest absolute Gasteiger partial charge is 0.296 e. The van der Waals surface area contributed by atoms with Gasteiger partial charge in [-0.1, -0.05) is 24.3 Å². The van der Waals surface area contributed by atoms with Crippen molar-refractivity contribution in [2.45, 2.75) is 14.7 Å². The van der Waals surface area contributed by atoms with Gasteiger partial charge in [-0.05, 0) is 0 Å². The molecular weight excluding hydrogens is 388 g/mol. The minimum atomic E-state index is -5.48. The first-order valence-corrected chi connectivity index (χ1v) is 10.1. The molecule has 10 nitrogen and oxygen atoms in total. The van der Waals surface area contributed by atoms with Crippen molar-refractivity contribution in [2.75, 3.05) is 0 Å². The lowest BCUT2D eigenvalue weighted by Crippen LogP contribution is -2.16. The van der Waals surface area contributed by atoms with E-state index in [0.29, 0.717) is 0 Å². The summed E-state index contributed by atoms with van der Waals surface area (Å²) in [5, 5.41) is -1.17. The number of benzene rings is 2. The van der Waals surface area contributed by atoms with Crippen LogP contribution in [0.5, 0.6) is 0 Å². The lowest BCUT2D eigenvalue weighted by molar-refractivity contribution is 0.111. The molecule has 0 saturated heterocycles. The van der Waals surface area contributed by atoms with Gasteiger partial charge in [0.2, 0.25) is 0 Å². The molecule has 2 aromatic carbocycles. The van der Waals surface area contributed by atoms with Gasteiger partial charge in [0, 0.05) is 10.8 Å². The molecule has 0 atom stereocenters. The van der Waals surface area contributed by atoms with E-state index in [1.807, 2.05) is 0 Å². The highest BCUT2D eigenvalue weighted by molar-refractivity contribution is 7.89. The first-order valence-electron chi connectivity index (χ1n) is 5.76. The van der Waals surface area contributed by atoms with Crippen molar-refractivity contribution >= 4 is 47.4 Å². The van der Waals surface area contributed by atoms with E-state index in [4.69, 9.17) is 0 Å². The average molecular weight is 396 g/mol. The molecule has 3 N–H and O–H groups in total. The molecule has 0 spiro atoms. The van der Waals surface area contributed by atoms with Crippen LogP contribution in [0.1, 0.15) is 10.4 Å². The van der Waals surface area contributed by atoms with Crippen LogP contribution in [0.15, 0.2) is 39.0 Å². The van der Waals surface area contributed by atoms with E-state index in [2.05, 4.69) is 0 Å². The van der Waals surface area contributed by atoms with Crippen LogP contribution in [-0.2, 0) is 30.4 Å². The highest BCUT2D eigenvalue weighted by Gasteiger charge is 2.35. The Balaban J connectivity index is 3.47. The zero-order valence-corrected chi connectivity index (χ0v) is 13.8. The molecule has 0 radical (unpaired) electrons. The summed E-state index contributed by atoms with van der Waals surface area (Å²) in [6, 6.07) is 4.30. The standard InChI is InChI=1S/C11H8O10S3/c12-5-8-9(22(13,14)15)6-3-1-2-4-7(6)10(23(16,17)18)11(8)24(19,20)21/h1-5H,(H,13,14,15)(H,16,17,18)(H,19,20,21). The van der Waals surface area contributed by atoms with E-state index >= 15 is 0 Å². The Kier molecular flexibility index (Phi) is 4.28. The third-order valence-corrected chi connectivity index (χ3v) is 5.97. The van der Waals surface area contributed by atoms with Crippen molar-refractivity contribution in [2.24, 2.45) is 0 Å². The first kappa shape index (κ1) is 18.4. The fourth-order valence-corrected chi connectivity index (χ4v) is 5.42. The van der Waals surface area contributed by atoms with E-state index in [1.54, 1.807) is 0 Å². The SMILES string of the molecule is O=Cc1c(S(=O)(=O)O)c(S(=O)(=O)O)c2ccccc2c1S(=O)(=O)O. The first-order chi connectivity index (χ1) is 10.8. The van der Waals surface area contributed by atoms with Gasteiger partial charge in [0.15, 0.2) is 6.29 Å². The van der Waals surface area contributed by atoms with Crippen molar-refractivity contribution in [1.29, 1.82) is 0 Å². The number of carbonyl (C=O) groups excluding carboxylic acids is 1. The van der Waals surface area contributed by atoms with Crippen LogP contribution in [0.25, 0.3) is 10.8 Å². The van der Waals surface area contributed by atoms with E-state index < -0.39 is 61.4 Å². The quantitative estimate of drug-likeness (QED) is 0.483. The topological polar surface area (TPSA) is 180 Å². The van der Waals surface area contributed by atoms with Crippen LogP contribution >= 0.6 is 0 Å². The summed E-state index contributed by atoms with van der Waals surface area (Å²) >= 11 is 0. The number of fused-ring (bicyclic) bond motifs is 1. The third kappa shape index (κ3) is 3.04. The zero-order chi connectivity index (χ0) is 18.5. The van der Waals surface area contributed by atoms with E-state index in [9.17, 15) is 43.7 Å². The van der Waals surface area contributed by atoms with E-state index in [-0.39, 0.29) is 6.29 Å². The third-order valence-electron chi connectivity index (χ3n) is 3.00. The molecule has 2 aromatic rings. The average Bonchev–Trinajstić information content (AvgIpc) is 2.41. The minimum absolute atomic E-state index is 0.368. The molecule has 0 aliphatic rings. The Morgan fingerprint density at radius 1 is 0.667 bits per heavy atom. The highest BCUT2D eigenvalue weighted by Crippen LogP contribution is 2.37. The zero-order valence-electron chi connectivity index (χ0n) is 11.3. The number of rotatable bonds is 4. The van der Waals surface area contributed by atoms with Crippen molar-refractivity contribution in [3.8, 4) is 0 Å². The normalized spacial score (nSPS) is 13.1. The molecule has 24 heavy (non-hydrogen) atoms. The maximum atomic E-state index is 11.6. The molecule has 0 saturated carbocycles. The molecule has 0 aromatic heterocycles. The van der Waals surface area contributed by atoms with Gasteiger partial charge >= 0.3 is 0 Å². The molecule has 0 fully saturated rings. The Bertz CT molecular complexity index is 1170. The largest absolute Gasteiger partial charge is 0.298 e. The van der Waals surface area contributed by atoms with Crippen molar-refractivity contribution in [3.63, 3.8) is 0 Å². The number of carbonyl (C=O) groups is 1. The Hall–Kier alpha value is -1.90. The molecule has 0 unspecified atom stereocenters. The second-order valence-corrected chi connectivity index (χ2v) is 8.56. The van der Waals surface area contributed by atoms with Gasteiger partial charge in [0.05, 0.1) is 5.56 Å². The fraction of sp³-hybridized carbons (Fsp3) is 0. The summed E-state index contributed by atoms with van der Waals surface area (Å²) in [5.41, 5.74) is -1.33. The number of hydrogen-bond acceptors (Lipinski definition) is 7. The Morgan fingerprint density at radius 2 is 1.04 bits per heavy atom. The number of aldehydes is 1. The van der Waals surface area contributed by atoms with Gasteiger partial charge in [0.25, 0.3) is 30.4 Å². The maximum absolute atomic E-state index is 11.6. The van der Waals surface area contributed by atoms with Crippen LogP contribution in [0.4, 0.5) is 0 Å². The minimum Gasteiger partial charge on any atom is -0.298 e. The molecule has 130 valence electrons. The molecular formula is C11H8O10S3. The van der Waals surface area contributed by atoms with Gasteiger partial charge in [-0.2, -0.15) is 25.3 Å². The Labute approximate surface area is 136 Å². The van der Waals surface area contributed by atoms with Crippen molar-refractivity contribution in [1.82, 2.24) is 0 Å². The second kappa shape index (κ2) is 5.58. The monoisotopic (exact) mass is 396 g/mol. The molecule has 0 bridgehead atoms. The molecule has 2 rings (SSSR count).